The molecule has 1 fully saturated rings. The van der Waals surface area contributed by atoms with Crippen LogP contribution in [0.1, 0.15) is 11.1 Å². The van der Waals surface area contributed by atoms with Gasteiger partial charge in [-0.05, 0) is 30.5 Å². The van der Waals surface area contributed by atoms with Crippen molar-refractivity contribution in [3.8, 4) is 17.0 Å². The minimum absolute atomic E-state index is 0.0536. The highest BCUT2D eigenvalue weighted by atomic mass is 32.2. The molecule has 0 spiro atoms. The zero-order chi connectivity index (χ0) is 26.5. The summed E-state index contributed by atoms with van der Waals surface area (Å²) >= 11 is 0. The number of hydrogen-bond acceptors (Lipinski definition) is 7. The van der Waals surface area contributed by atoms with Crippen molar-refractivity contribution >= 4 is 27.0 Å². The maximum atomic E-state index is 14.8. The molecule has 1 N–H and O–H groups in total. The minimum Gasteiger partial charge on any atom is -0.503 e. The van der Waals surface area contributed by atoms with Gasteiger partial charge in [0.15, 0.2) is 23.0 Å². The van der Waals surface area contributed by atoms with E-state index in [9.17, 15) is 22.3 Å². The number of halogens is 2. The van der Waals surface area contributed by atoms with Gasteiger partial charge >= 0.3 is 0 Å². The lowest BCUT2D eigenvalue weighted by Gasteiger charge is -2.40. The Balaban J connectivity index is 1.55. The standard InChI is InChI=1S/C25H26F2N6O3S/c1-15-11-18(21(27)23(34)20(15)26)22-19-13-28-25(29-24(19)31(2)30-22)33-10-9-32(37(3,35)36)14-17(33)12-16-7-5-4-6-8-16/h4-8,11,13,17,34H,9-10,12,14H2,1-3H3/t17-/m1/s1. The molecule has 37 heavy (non-hydrogen) atoms. The zero-order valence-corrected chi connectivity index (χ0v) is 21.4. The summed E-state index contributed by atoms with van der Waals surface area (Å²) in [5.41, 5.74) is 1.69. The maximum Gasteiger partial charge on any atom is 0.227 e. The van der Waals surface area contributed by atoms with E-state index in [1.54, 1.807) is 7.05 Å². The molecular weight excluding hydrogens is 502 g/mol. The van der Waals surface area contributed by atoms with Crippen LogP contribution >= 0.6 is 0 Å². The predicted molar refractivity (Wildman–Crippen MR) is 136 cm³/mol. The second-order valence-corrected chi connectivity index (χ2v) is 11.2. The minimum atomic E-state index is -3.37. The van der Waals surface area contributed by atoms with Crippen LogP contribution in [0.25, 0.3) is 22.3 Å². The Bertz CT molecular complexity index is 1590. The molecule has 12 heteroatoms. The van der Waals surface area contributed by atoms with Crippen molar-refractivity contribution < 1.29 is 22.3 Å². The molecule has 1 atom stereocenters. The molecule has 0 amide bonds. The number of anilines is 1. The topological polar surface area (TPSA) is 104 Å². The van der Waals surface area contributed by atoms with Crippen LogP contribution in [-0.2, 0) is 23.5 Å². The van der Waals surface area contributed by atoms with Crippen LogP contribution in [0.5, 0.6) is 5.75 Å². The van der Waals surface area contributed by atoms with Crippen molar-refractivity contribution in [1.82, 2.24) is 24.1 Å². The number of aryl methyl sites for hydroxylation is 2. The Labute approximate surface area is 213 Å². The smallest absolute Gasteiger partial charge is 0.227 e. The van der Waals surface area contributed by atoms with Gasteiger partial charge in [-0.15, -0.1) is 0 Å². The average Bonchev–Trinajstić information content (AvgIpc) is 3.20. The highest BCUT2D eigenvalue weighted by Gasteiger charge is 2.33. The van der Waals surface area contributed by atoms with E-state index >= 15 is 0 Å². The Morgan fingerprint density at radius 1 is 1.14 bits per heavy atom. The number of phenolic OH excluding ortho intramolecular Hbond substituents is 1. The highest BCUT2D eigenvalue weighted by molar-refractivity contribution is 7.88. The first-order chi connectivity index (χ1) is 17.5. The van der Waals surface area contributed by atoms with Gasteiger partial charge in [-0.25, -0.2) is 26.9 Å². The number of sulfonamides is 1. The van der Waals surface area contributed by atoms with Crippen LogP contribution < -0.4 is 4.90 Å². The maximum absolute atomic E-state index is 14.8. The zero-order valence-electron chi connectivity index (χ0n) is 20.6. The molecular formula is C25H26F2N6O3S. The van der Waals surface area contributed by atoms with Gasteiger partial charge in [0.05, 0.1) is 11.6 Å². The lowest BCUT2D eigenvalue weighted by Crippen LogP contribution is -2.56. The molecule has 3 heterocycles. The van der Waals surface area contributed by atoms with E-state index in [1.165, 1.54) is 34.4 Å². The second kappa shape index (κ2) is 9.34. The first-order valence-electron chi connectivity index (χ1n) is 11.7. The van der Waals surface area contributed by atoms with Crippen molar-refractivity contribution in [1.29, 1.82) is 0 Å². The fourth-order valence-electron chi connectivity index (χ4n) is 4.74. The number of rotatable bonds is 5. The van der Waals surface area contributed by atoms with Crippen molar-refractivity contribution in [3.63, 3.8) is 0 Å². The molecule has 0 unspecified atom stereocenters. The van der Waals surface area contributed by atoms with Gasteiger partial charge in [0.25, 0.3) is 0 Å². The number of aromatic hydroxyl groups is 1. The van der Waals surface area contributed by atoms with E-state index in [2.05, 4.69) is 10.1 Å². The SMILES string of the molecule is Cc1cc(-c2nn(C)c3nc(N4CCN(S(C)(=O)=O)C[C@H]4Cc4ccccc4)ncc23)c(F)c(O)c1F. The third kappa shape index (κ3) is 4.62. The first-order valence-corrected chi connectivity index (χ1v) is 13.5. The summed E-state index contributed by atoms with van der Waals surface area (Å²) in [6, 6.07) is 10.8. The van der Waals surface area contributed by atoms with E-state index in [1.807, 2.05) is 35.2 Å². The molecule has 0 aliphatic carbocycles. The van der Waals surface area contributed by atoms with E-state index in [4.69, 9.17) is 4.98 Å². The molecule has 1 saturated heterocycles. The molecule has 4 aromatic rings. The number of hydrogen-bond donors (Lipinski definition) is 1. The predicted octanol–water partition coefficient (Wildman–Crippen LogP) is 3.02. The van der Waals surface area contributed by atoms with E-state index in [-0.39, 0.29) is 29.4 Å². The van der Waals surface area contributed by atoms with Crippen LogP contribution in [-0.4, -0.2) is 69.5 Å². The number of fused-ring (bicyclic) bond motifs is 1. The van der Waals surface area contributed by atoms with E-state index in [0.717, 1.165) is 5.56 Å². The highest BCUT2D eigenvalue weighted by Crippen LogP contribution is 2.35. The van der Waals surface area contributed by atoms with Crippen LogP contribution in [0.2, 0.25) is 0 Å². The largest absolute Gasteiger partial charge is 0.503 e. The summed E-state index contributed by atoms with van der Waals surface area (Å²) in [5, 5.41) is 14.7. The van der Waals surface area contributed by atoms with Crippen LogP contribution in [0.4, 0.5) is 14.7 Å². The van der Waals surface area contributed by atoms with E-state index < -0.39 is 27.4 Å². The summed E-state index contributed by atoms with van der Waals surface area (Å²) in [7, 11) is -1.72. The van der Waals surface area contributed by atoms with Gasteiger partial charge in [-0.2, -0.15) is 14.4 Å². The van der Waals surface area contributed by atoms with Crippen LogP contribution in [0.3, 0.4) is 0 Å². The summed E-state index contributed by atoms with van der Waals surface area (Å²) in [5.74, 6) is -2.78. The molecule has 0 radical (unpaired) electrons. The first kappa shape index (κ1) is 25.0. The Morgan fingerprint density at radius 3 is 2.57 bits per heavy atom. The van der Waals surface area contributed by atoms with Gasteiger partial charge < -0.3 is 10.0 Å². The molecule has 9 nitrogen and oxygen atoms in total. The monoisotopic (exact) mass is 528 g/mol. The van der Waals surface area contributed by atoms with Gasteiger partial charge in [0.2, 0.25) is 16.0 Å². The number of nitrogens with zero attached hydrogens (tertiary/aromatic N) is 6. The van der Waals surface area contributed by atoms with Crippen molar-refractivity contribution in [2.45, 2.75) is 19.4 Å². The molecule has 0 saturated carbocycles. The lowest BCUT2D eigenvalue weighted by molar-refractivity contribution is 0.330. The van der Waals surface area contributed by atoms with Gasteiger partial charge in [-0.3, -0.25) is 0 Å². The van der Waals surface area contributed by atoms with Crippen LogP contribution in [0.15, 0.2) is 42.6 Å². The fourth-order valence-corrected chi connectivity index (χ4v) is 5.60. The number of phenols is 1. The second-order valence-electron chi connectivity index (χ2n) is 9.26. The van der Waals surface area contributed by atoms with Gasteiger partial charge in [0.1, 0.15) is 5.69 Å². The molecule has 194 valence electrons. The third-order valence-corrected chi connectivity index (χ3v) is 7.94. The van der Waals surface area contributed by atoms with Crippen LogP contribution in [0, 0.1) is 18.6 Å². The Kier molecular flexibility index (Phi) is 6.32. The van der Waals surface area contributed by atoms with Crippen molar-refractivity contribution in [2.24, 2.45) is 7.05 Å². The quantitative estimate of drug-likeness (QED) is 0.425. The summed E-state index contributed by atoms with van der Waals surface area (Å²) in [6.07, 6.45) is 3.32. The third-order valence-electron chi connectivity index (χ3n) is 6.67. The Hall–Kier alpha value is -3.64. The lowest BCUT2D eigenvalue weighted by atomic mass is 10.0. The summed E-state index contributed by atoms with van der Waals surface area (Å²) in [6.45, 7) is 2.40. The van der Waals surface area contributed by atoms with Gasteiger partial charge in [-0.1, -0.05) is 30.3 Å². The van der Waals surface area contributed by atoms with Crippen molar-refractivity contribution in [2.75, 3.05) is 30.8 Å². The number of benzene rings is 2. The normalized spacial score (nSPS) is 17.0. The number of piperazine rings is 1. The summed E-state index contributed by atoms with van der Waals surface area (Å²) in [4.78, 5) is 11.2. The molecule has 5 rings (SSSR count). The molecule has 0 bridgehead atoms. The molecule has 1 aliphatic rings. The summed E-state index contributed by atoms with van der Waals surface area (Å²) < 4.78 is 56.2. The molecule has 1 aliphatic heterocycles. The Morgan fingerprint density at radius 2 is 1.86 bits per heavy atom. The van der Waals surface area contributed by atoms with E-state index in [0.29, 0.717) is 36.5 Å². The van der Waals surface area contributed by atoms with Gasteiger partial charge in [0, 0.05) is 44.5 Å². The average molecular weight is 529 g/mol. The molecule has 2 aromatic carbocycles. The van der Waals surface area contributed by atoms with Crippen molar-refractivity contribution in [3.05, 3.63) is 65.4 Å². The molecule has 2 aromatic heterocycles. The fraction of sp³-hybridized carbons (Fsp3) is 0.320. The number of aromatic nitrogens is 4.